The van der Waals surface area contributed by atoms with E-state index in [2.05, 4.69) is 31.1 Å². The minimum atomic E-state index is 0.318. The van der Waals surface area contributed by atoms with E-state index < -0.39 is 0 Å². The monoisotopic (exact) mass is 186 g/mol. The second-order valence-corrected chi connectivity index (χ2v) is 4.42. The highest BCUT2D eigenvalue weighted by atomic mass is 16.3. The number of rotatable bonds is 3. The number of likely N-dealkylation sites (tertiary alicyclic amines) is 1. The predicted octanol–water partition coefficient (Wildman–Crippen LogP) is 0.297. The highest BCUT2D eigenvalue weighted by molar-refractivity contribution is 4.84. The first kappa shape index (κ1) is 11.0. The zero-order chi connectivity index (χ0) is 9.84. The molecule has 3 heteroatoms. The summed E-state index contributed by atoms with van der Waals surface area (Å²) in [6.45, 7) is 6.80. The summed E-state index contributed by atoms with van der Waals surface area (Å²) in [5.41, 5.74) is 0. The van der Waals surface area contributed by atoms with Crippen molar-refractivity contribution in [3.05, 3.63) is 0 Å². The second kappa shape index (κ2) is 4.94. The molecule has 1 heterocycles. The van der Waals surface area contributed by atoms with E-state index in [-0.39, 0.29) is 0 Å². The molecule has 1 aliphatic rings. The van der Waals surface area contributed by atoms with Crippen LogP contribution in [0.4, 0.5) is 0 Å². The van der Waals surface area contributed by atoms with Crippen LogP contribution < -0.4 is 5.32 Å². The summed E-state index contributed by atoms with van der Waals surface area (Å²) in [4.78, 5) is 2.33. The van der Waals surface area contributed by atoms with Crippen molar-refractivity contribution in [3.8, 4) is 0 Å². The Kier molecular flexibility index (Phi) is 4.16. The van der Waals surface area contributed by atoms with E-state index >= 15 is 0 Å². The normalized spacial score (nSPS) is 31.2. The standard InChI is InChI=1S/C10H22N2O/c1-8(2)11-10-6-12(3)5-4-9(10)7-13/h8-11,13H,4-7H2,1-3H3. The number of aliphatic hydroxyl groups is 1. The average Bonchev–Trinajstić information content (AvgIpc) is 2.03. The smallest absolute Gasteiger partial charge is 0.0475 e. The van der Waals surface area contributed by atoms with E-state index in [1.807, 2.05) is 0 Å². The fourth-order valence-electron chi connectivity index (χ4n) is 2.00. The van der Waals surface area contributed by atoms with Gasteiger partial charge < -0.3 is 15.3 Å². The average molecular weight is 186 g/mol. The molecule has 0 aromatic heterocycles. The minimum Gasteiger partial charge on any atom is -0.396 e. The Labute approximate surface area is 81.1 Å². The van der Waals surface area contributed by atoms with Crippen LogP contribution in [0.2, 0.25) is 0 Å². The van der Waals surface area contributed by atoms with Gasteiger partial charge in [-0.1, -0.05) is 13.8 Å². The summed E-state index contributed by atoms with van der Waals surface area (Å²) >= 11 is 0. The molecule has 1 saturated heterocycles. The van der Waals surface area contributed by atoms with Crippen LogP contribution in [0.25, 0.3) is 0 Å². The lowest BCUT2D eigenvalue weighted by molar-refractivity contribution is 0.106. The lowest BCUT2D eigenvalue weighted by Crippen LogP contribution is -2.52. The SMILES string of the molecule is CC(C)NC1CN(C)CCC1CO. The van der Waals surface area contributed by atoms with Gasteiger partial charge in [0.25, 0.3) is 0 Å². The Balaban J connectivity index is 2.44. The van der Waals surface area contributed by atoms with E-state index in [9.17, 15) is 5.11 Å². The fraction of sp³-hybridized carbons (Fsp3) is 1.00. The number of hydrogen-bond acceptors (Lipinski definition) is 3. The van der Waals surface area contributed by atoms with Gasteiger partial charge in [0.2, 0.25) is 0 Å². The summed E-state index contributed by atoms with van der Waals surface area (Å²) in [7, 11) is 2.14. The molecule has 78 valence electrons. The molecule has 1 fully saturated rings. The Bertz CT molecular complexity index is 148. The van der Waals surface area contributed by atoms with Crippen LogP contribution >= 0.6 is 0 Å². The van der Waals surface area contributed by atoms with Gasteiger partial charge >= 0.3 is 0 Å². The number of nitrogens with zero attached hydrogens (tertiary/aromatic N) is 1. The first-order valence-electron chi connectivity index (χ1n) is 5.19. The molecule has 0 aromatic rings. The Morgan fingerprint density at radius 2 is 2.23 bits per heavy atom. The van der Waals surface area contributed by atoms with Crippen LogP contribution in [-0.2, 0) is 0 Å². The van der Waals surface area contributed by atoms with Crippen molar-refractivity contribution in [1.29, 1.82) is 0 Å². The zero-order valence-electron chi connectivity index (χ0n) is 8.95. The molecule has 0 spiro atoms. The third-order valence-electron chi connectivity index (χ3n) is 2.74. The fourth-order valence-corrected chi connectivity index (χ4v) is 2.00. The van der Waals surface area contributed by atoms with E-state index in [1.165, 1.54) is 0 Å². The van der Waals surface area contributed by atoms with Gasteiger partial charge in [0, 0.05) is 25.2 Å². The highest BCUT2D eigenvalue weighted by Crippen LogP contribution is 2.16. The van der Waals surface area contributed by atoms with Gasteiger partial charge in [-0.2, -0.15) is 0 Å². The lowest BCUT2D eigenvalue weighted by Gasteiger charge is -2.37. The summed E-state index contributed by atoms with van der Waals surface area (Å²) < 4.78 is 0. The molecule has 2 N–H and O–H groups in total. The lowest BCUT2D eigenvalue weighted by atomic mass is 9.92. The molecular formula is C10H22N2O. The summed E-state index contributed by atoms with van der Waals surface area (Å²) in [6.07, 6.45) is 1.11. The molecule has 1 aliphatic heterocycles. The first-order chi connectivity index (χ1) is 6.13. The summed E-state index contributed by atoms with van der Waals surface area (Å²) in [5.74, 6) is 0.443. The predicted molar refractivity (Wildman–Crippen MR) is 54.7 cm³/mol. The minimum absolute atomic E-state index is 0.318. The van der Waals surface area contributed by atoms with E-state index in [4.69, 9.17) is 0 Å². The van der Waals surface area contributed by atoms with Crippen molar-refractivity contribution in [2.75, 3.05) is 26.7 Å². The molecule has 0 saturated carbocycles. The molecule has 0 amide bonds. The van der Waals surface area contributed by atoms with Crippen molar-refractivity contribution in [3.63, 3.8) is 0 Å². The van der Waals surface area contributed by atoms with Gasteiger partial charge in [0.15, 0.2) is 0 Å². The van der Waals surface area contributed by atoms with Crippen LogP contribution in [0.5, 0.6) is 0 Å². The molecule has 0 radical (unpaired) electrons. The van der Waals surface area contributed by atoms with Gasteiger partial charge in [0.1, 0.15) is 0 Å². The van der Waals surface area contributed by atoms with Crippen molar-refractivity contribution in [2.45, 2.75) is 32.4 Å². The molecule has 0 aliphatic carbocycles. The Morgan fingerprint density at radius 1 is 1.54 bits per heavy atom. The first-order valence-corrected chi connectivity index (χ1v) is 5.19. The molecular weight excluding hydrogens is 164 g/mol. The maximum atomic E-state index is 9.20. The molecule has 2 atom stereocenters. The Hall–Kier alpha value is -0.120. The van der Waals surface area contributed by atoms with Crippen molar-refractivity contribution in [1.82, 2.24) is 10.2 Å². The molecule has 13 heavy (non-hydrogen) atoms. The zero-order valence-corrected chi connectivity index (χ0v) is 8.95. The van der Waals surface area contributed by atoms with E-state index in [0.29, 0.717) is 24.6 Å². The van der Waals surface area contributed by atoms with Crippen LogP contribution in [0.1, 0.15) is 20.3 Å². The molecule has 2 unspecified atom stereocenters. The maximum Gasteiger partial charge on any atom is 0.0475 e. The number of aliphatic hydroxyl groups excluding tert-OH is 1. The van der Waals surface area contributed by atoms with Crippen LogP contribution in [0.15, 0.2) is 0 Å². The number of likely N-dealkylation sites (N-methyl/N-ethyl adjacent to an activating group) is 1. The summed E-state index contributed by atoms with van der Waals surface area (Å²) in [6, 6.07) is 0.967. The molecule has 3 nitrogen and oxygen atoms in total. The van der Waals surface area contributed by atoms with Crippen molar-refractivity contribution >= 4 is 0 Å². The van der Waals surface area contributed by atoms with Crippen LogP contribution in [0.3, 0.4) is 0 Å². The van der Waals surface area contributed by atoms with E-state index in [1.54, 1.807) is 0 Å². The van der Waals surface area contributed by atoms with Gasteiger partial charge in [-0.15, -0.1) is 0 Å². The third-order valence-corrected chi connectivity index (χ3v) is 2.74. The van der Waals surface area contributed by atoms with Gasteiger partial charge in [0.05, 0.1) is 0 Å². The Morgan fingerprint density at radius 3 is 2.77 bits per heavy atom. The molecule has 0 bridgehead atoms. The van der Waals surface area contributed by atoms with Crippen LogP contribution in [0, 0.1) is 5.92 Å². The van der Waals surface area contributed by atoms with Gasteiger partial charge in [-0.3, -0.25) is 0 Å². The number of nitrogens with one attached hydrogen (secondary N) is 1. The number of hydrogen-bond donors (Lipinski definition) is 2. The van der Waals surface area contributed by atoms with E-state index in [0.717, 1.165) is 19.5 Å². The largest absolute Gasteiger partial charge is 0.396 e. The second-order valence-electron chi connectivity index (χ2n) is 4.42. The topological polar surface area (TPSA) is 35.5 Å². The third kappa shape index (κ3) is 3.25. The van der Waals surface area contributed by atoms with Crippen molar-refractivity contribution in [2.24, 2.45) is 5.92 Å². The maximum absolute atomic E-state index is 9.20. The van der Waals surface area contributed by atoms with Crippen molar-refractivity contribution < 1.29 is 5.11 Å². The highest BCUT2D eigenvalue weighted by Gasteiger charge is 2.26. The van der Waals surface area contributed by atoms with Crippen LogP contribution in [-0.4, -0.2) is 48.8 Å². The molecule has 1 rings (SSSR count). The number of piperidine rings is 1. The van der Waals surface area contributed by atoms with Gasteiger partial charge in [-0.05, 0) is 25.9 Å². The summed E-state index contributed by atoms with van der Waals surface area (Å²) in [5, 5.41) is 12.7. The van der Waals surface area contributed by atoms with Gasteiger partial charge in [-0.25, -0.2) is 0 Å². The quantitative estimate of drug-likeness (QED) is 0.665. The molecule has 0 aromatic carbocycles.